The minimum Gasteiger partial charge on any atom is -0.481 e. The van der Waals surface area contributed by atoms with Crippen molar-refractivity contribution in [1.82, 2.24) is 5.32 Å². The van der Waals surface area contributed by atoms with Crippen molar-refractivity contribution in [2.75, 3.05) is 6.61 Å². The van der Waals surface area contributed by atoms with Gasteiger partial charge in [0.25, 0.3) is 5.91 Å². The van der Waals surface area contributed by atoms with E-state index in [2.05, 4.69) is 33.4 Å². The number of rotatable bonds is 4. The van der Waals surface area contributed by atoms with E-state index in [0.29, 0.717) is 4.47 Å². The van der Waals surface area contributed by atoms with Crippen LogP contribution in [0.2, 0.25) is 0 Å². The molecule has 0 radical (unpaired) electrons. The summed E-state index contributed by atoms with van der Waals surface area (Å²) in [5, 5.41) is 2.98. The van der Waals surface area contributed by atoms with Gasteiger partial charge in [-0.2, -0.15) is 0 Å². The first-order valence-electron chi connectivity index (χ1n) is 7.58. The Hall–Kier alpha value is -1.88. The van der Waals surface area contributed by atoms with Gasteiger partial charge in [-0.25, -0.2) is 4.39 Å². The number of nitrogens with one attached hydrogen (secondary N) is 1. The quantitative estimate of drug-likeness (QED) is 0.868. The number of carbonyl (C=O) groups is 1. The van der Waals surface area contributed by atoms with Gasteiger partial charge in [0.15, 0.2) is 18.2 Å². The molecule has 1 amide bonds. The molecule has 2 aromatic carbocycles. The maximum absolute atomic E-state index is 13.7. The highest BCUT2D eigenvalue weighted by molar-refractivity contribution is 9.10. The molecular weight excluding hydrogens is 361 g/mol. The van der Waals surface area contributed by atoms with E-state index in [4.69, 9.17) is 4.74 Å². The molecule has 0 saturated heterocycles. The van der Waals surface area contributed by atoms with Crippen molar-refractivity contribution in [2.45, 2.75) is 25.3 Å². The normalized spacial score (nSPS) is 16.5. The van der Waals surface area contributed by atoms with E-state index in [0.717, 1.165) is 19.3 Å². The maximum Gasteiger partial charge on any atom is 0.258 e. The number of benzene rings is 2. The number of halogens is 2. The van der Waals surface area contributed by atoms with Gasteiger partial charge in [-0.1, -0.05) is 40.2 Å². The maximum atomic E-state index is 13.7. The molecule has 0 heterocycles. The first-order valence-corrected chi connectivity index (χ1v) is 8.38. The number of carbonyl (C=O) groups excluding carboxylic acids is 1. The molecule has 1 unspecified atom stereocenters. The Bertz CT molecular complexity index is 720. The van der Waals surface area contributed by atoms with Crippen LogP contribution in [0.25, 0.3) is 0 Å². The molecule has 0 fully saturated rings. The third kappa shape index (κ3) is 3.91. The standard InChI is InChI=1S/C18H17BrFNO2/c19-13-8-9-17(15(20)10-13)23-11-18(22)21-16-7-3-5-12-4-1-2-6-14(12)16/h1-2,4,6,8-10,16H,3,5,7,11H2,(H,21,22). The van der Waals surface area contributed by atoms with Crippen LogP contribution in [-0.2, 0) is 11.2 Å². The van der Waals surface area contributed by atoms with Crippen molar-refractivity contribution in [2.24, 2.45) is 0 Å². The number of hydrogen-bond acceptors (Lipinski definition) is 2. The first-order chi connectivity index (χ1) is 11.1. The van der Waals surface area contributed by atoms with Gasteiger partial charge in [-0.05, 0) is 48.6 Å². The van der Waals surface area contributed by atoms with Crippen LogP contribution in [0, 0.1) is 5.82 Å². The van der Waals surface area contributed by atoms with Gasteiger partial charge in [-0.3, -0.25) is 4.79 Å². The SMILES string of the molecule is O=C(COc1ccc(Br)cc1F)NC1CCCc2ccccc21. The van der Waals surface area contributed by atoms with Gasteiger partial charge in [0, 0.05) is 4.47 Å². The molecule has 1 atom stereocenters. The lowest BCUT2D eigenvalue weighted by molar-refractivity contribution is -0.124. The predicted octanol–water partition coefficient (Wildman–Crippen LogP) is 4.16. The van der Waals surface area contributed by atoms with E-state index in [1.165, 1.54) is 23.3 Å². The zero-order valence-electron chi connectivity index (χ0n) is 12.5. The highest BCUT2D eigenvalue weighted by Crippen LogP contribution is 2.29. The van der Waals surface area contributed by atoms with Crippen LogP contribution in [0.1, 0.15) is 30.0 Å². The fraction of sp³-hybridized carbons (Fsp3) is 0.278. The molecule has 120 valence electrons. The van der Waals surface area contributed by atoms with Gasteiger partial charge in [0.05, 0.1) is 6.04 Å². The molecule has 5 heteroatoms. The third-order valence-electron chi connectivity index (χ3n) is 3.96. The molecule has 1 aliphatic rings. The Morgan fingerprint density at radius 1 is 1.30 bits per heavy atom. The largest absolute Gasteiger partial charge is 0.481 e. The van der Waals surface area contributed by atoms with Crippen molar-refractivity contribution in [3.8, 4) is 5.75 Å². The molecule has 0 bridgehead atoms. The van der Waals surface area contributed by atoms with Crippen molar-refractivity contribution >= 4 is 21.8 Å². The fourth-order valence-corrected chi connectivity index (χ4v) is 3.21. The number of hydrogen-bond donors (Lipinski definition) is 1. The smallest absolute Gasteiger partial charge is 0.258 e. The van der Waals surface area contributed by atoms with Crippen LogP contribution in [0.15, 0.2) is 46.9 Å². The van der Waals surface area contributed by atoms with Crippen LogP contribution in [0.5, 0.6) is 5.75 Å². The molecule has 0 aromatic heterocycles. The summed E-state index contributed by atoms with van der Waals surface area (Å²) in [5.74, 6) is -0.656. The minimum atomic E-state index is -0.491. The van der Waals surface area contributed by atoms with Gasteiger partial charge in [-0.15, -0.1) is 0 Å². The second-order valence-electron chi connectivity index (χ2n) is 5.57. The van der Waals surface area contributed by atoms with Crippen molar-refractivity contribution in [3.63, 3.8) is 0 Å². The molecule has 23 heavy (non-hydrogen) atoms. The fourth-order valence-electron chi connectivity index (χ4n) is 2.88. The van der Waals surface area contributed by atoms with Crippen LogP contribution < -0.4 is 10.1 Å². The molecule has 0 saturated carbocycles. The Kier molecular flexibility index (Phi) is 4.96. The highest BCUT2D eigenvalue weighted by Gasteiger charge is 2.21. The first kappa shape index (κ1) is 16.0. The monoisotopic (exact) mass is 377 g/mol. The summed E-state index contributed by atoms with van der Waals surface area (Å²) in [6.45, 7) is -0.197. The Balaban J connectivity index is 1.60. The van der Waals surface area contributed by atoms with Crippen molar-refractivity contribution < 1.29 is 13.9 Å². The van der Waals surface area contributed by atoms with E-state index in [-0.39, 0.29) is 24.3 Å². The lowest BCUT2D eigenvalue weighted by atomic mass is 9.88. The molecule has 2 aromatic rings. The lowest BCUT2D eigenvalue weighted by Crippen LogP contribution is -2.34. The summed E-state index contributed by atoms with van der Waals surface area (Å²) >= 11 is 3.18. The van der Waals surface area contributed by atoms with Crippen molar-refractivity contribution in [3.05, 3.63) is 63.9 Å². The average Bonchev–Trinajstić information content (AvgIpc) is 2.54. The van der Waals surface area contributed by atoms with Crippen LogP contribution in [0.4, 0.5) is 4.39 Å². The van der Waals surface area contributed by atoms with Crippen molar-refractivity contribution in [1.29, 1.82) is 0 Å². The van der Waals surface area contributed by atoms with E-state index < -0.39 is 5.82 Å². The Labute approximate surface area is 143 Å². The molecular formula is C18H17BrFNO2. The zero-order chi connectivity index (χ0) is 16.2. The Morgan fingerprint density at radius 3 is 2.96 bits per heavy atom. The summed E-state index contributed by atoms with van der Waals surface area (Å²) in [4.78, 5) is 12.1. The number of aryl methyl sites for hydroxylation is 1. The van der Waals surface area contributed by atoms with Gasteiger partial charge in [0.1, 0.15) is 0 Å². The van der Waals surface area contributed by atoms with Crippen LogP contribution in [0.3, 0.4) is 0 Å². The van der Waals surface area contributed by atoms with E-state index in [1.54, 1.807) is 6.07 Å². The van der Waals surface area contributed by atoms with Gasteiger partial charge >= 0.3 is 0 Å². The number of ether oxygens (including phenoxy) is 1. The number of amides is 1. The van der Waals surface area contributed by atoms with Crippen LogP contribution in [-0.4, -0.2) is 12.5 Å². The molecule has 3 rings (SSSR count). The van der Waals surface area contributed by atoms with Crippen LogP contribution >= 0.6 is 15.9 Å². The topological polar surface area (TPSA) is 38.3 Å². The van der Waals surface area contributed by atoms with Gasteiger partial charge in [0.2, 0.25) is 0 Å². The van der Waals surface area contributed by atoms with E-state index in [1.807, 2.05) is 12.1 Å². The third-order valence-corrected chi connectivity index (χ3v) is 4.45. The summed E-state index contributed by atoms with van der Waals surface area (Å²) < 4.78 is 19.6. The predicted molar refractivity (Wildman–Crippen MR) is 89.9 cm³/mol. The summed E-state index contributed by atoms with van der Waals surface area (Å²) in [5.41, 5.74) is 2.45. The molecule has 1 N–H and O–H groups in total. The molecule has 1 aliphatic carbocycles. The van der Waals surface area contributed by atoms with Gasteiger partial charge < -0.3 is 10.1 Å². The summed E-state index contributed by atoms with van der Waals surface area (Å²) in [6.07, 6.45) is 3.00. The summed E-state index contributed by atoms with van der Waals surface area (Å²) in [6, 6.07) is 12.6. The zero-order valence-corrected chi connectivity index (χ0v) is 14.1. The Morgan fingerprint density at radius 2 is 2.13 bits per heavy atom. The second kappa shape index (κ2) is 7.13. The minimum absolute atomic E-state index is 0.00538. The second-order valence-corrected chi connectivity index (χ2v) is 6.49. The average molecular weight is 378 g/mol. The summed E-state index contributed by atoms with van der Waals surface area (Å²) in [7, 11) is 0. The van der Waals surface area contributed by atoms with E-state index >= 15 is 0 Å². The number of fused-ring (bicyclic) bond motifs is 1. The lowest BCUT2D eigenvalue weighted by Gasteiger charge is -2.26. The highest BCUT2D eigenvalue weighted by atomic mass is 79.9. The molecule has 3 nitrogen and oxygen atoms in total. The van der Waals surface area contributed by atoms with E-state index in [9.17, 15) is 9.18 Å². The molecule has 0 spiro atoms. The molecule has 0 aliphatic heterocycles.